The summed E-state index contributed by atoms with van der Waals surface area (Å²) in [6.45, 7) is 10.7. The molecule has 2 unspecified atom stereocenters. The Morgan fingerprint density at radius 2 is 1.50 bits per heavy atom. The molecule has 0 spiro atoms. The van der Waals surface area contributed by atoms with Gasteiger partial charge >= 0.3 is 11.9 Å². The normalized spacial score (nSPS) is 13.7. The van der Waals surface area contributed by atoms with Crippen molar-refractivity contribution in [2.75, 3.05) is 13.2 Å². The van der Waals surface area contributed by atoms with E-state index in [1.807, 2.05) is 20.8 Å². The van der Waals surface area contributed by atoms with Crippen LogP contribution >= 0.6 is 0 Å². The van der Waals surface area contributed by atoms with Crippen molar-refractivity contribution in [1.29, 1.82) is 0 Å². The second kappa shape index (κ2) is 12.5. The number of ether oxygens (including phenoxy) is 2. The van der Waals surface area contributed by atoms with Gasteiger partial charge in [0.15, 0.2) is 5.92 Å². The molecule has 0 heterocycles. The van der Waals surface area contributed by atoms with Gasteiger partial charge in [-0.25, -0.2) is 0 Å². The van der Waals surface area contributed by atoms with Crippen molar-refractivity contribution in [3.05, 3.63) is 0 Å². The molecule has 0 aliphatic heterocycles. The summed E-state index contributed by atoms with van der Waals surface area (Å²) in [5.74, 6) is -1.49. The van der Waals surface area contributed by atoms with Crippen molar-refractivity contribution in [3.8, 4) is 0 Å². The molecule has 22 heavy (non-hydrogen) atoms. The number of carbonyl (C=O) groups excluding carboxylic acids is 2. The van der Waals surface area contributed by atoms with Crippen molar-refractivity contribution < 1.29 is 19.1 Å². The van der Waals surface area contributed by atoms with Crippen LogP contribution in [0.25, 0.3) is 0 Å². The van der Waals surface area contributed by atoms with Gasteiger partial charge in [-0.2, -0.15) is 0 Å². The number of unbranched alkanes of at least 4 members (excludes halogenated alkanes) is 3. The first kappa shape index (κ1) is 20.9. The van der Waals surface area contributed by atoms with Gasteiger partial charge in [0.05, 0.1) is 13.2 Å². The summed E-state index contributed by atoms with van der Waals surface area (Å²) in [7, 11) is 0. The summed E-state index contributed by atoms with van der Waals surface area (Å²) in [6, 6.07) is 0. The van der Waals surface area contributed by atoms with Gasteiger partial charge in [-0.05, 0) is 24.7 Å². The van der Waals surface area contributed by atoms with E-state index in [0.29, 0.717) is 19.1 Å². The first-order chi connectivity index (χ1) is 10.4. The summed E-state index contributed by atoms with van der Waals surface area (Å²) >= 11 is 0. The topological polar surface area (TPSA) is 52.6 Å². The van der Waals surface area contributed by atoms with E-state index >= 15 is 0 Å². The van der Waals surface area contributed by atoms with E-state index in [9.17, 15) is 9.59 Å². The van der Waals surface area contributed by atoms with Gasteiger partial charge in [0, 0.05) is 0 Å². The molecule has 0 bridgehead atoms. The molecular formula is C18H34O4. The SMILES string of the molecule is CCCCCCOC(=O)C(C(=O)OCC(C)CCC)C(C)C. The van der Waals surface area contributed by atoms with Crippen molar-refractivity contribution in [2.24, 2.45) is 17.8 Å². The molecule has 0 saturated heterocycles. The van der Waals surface area contributed by atoms with E-state index in [0.717, 1.165) is 38.5 Å². The summed E-state index contributed by atoms with van der Waals surface area (Å²) in [6.07, 6.45) is 6.27. The second-order valence-electron chi connectivity index (χ2n) is 6.47. The molecule has 0 aromatic rings. The third-order valence-electron chi connectivity index (χ3n) is 3.71. The van der Waals surface area contributed by atoms with Crippen LogP contribution in [0.2, 0.25) is 0 Å². The minimum Gasteiger partial charge on any atom is -0.465 e. The maximum Gasteiger partial charge on any atom is 0.320 e. The van der Waals surface area contributed by atoms with Crippen molar-refractivity contribution >= 4 is 11.9 Å². The van der Waals surface area contributed by atoms with Crippen LogP contribution in [0.5, 0.6) is 0 Å². The number of hydrogen-bond donors (Lipinski definition) is 0. The van der Waals surface area contributed by atoms with E-state index in [2.05, 4.69) is 13.8 Å². The summed E-state index contributed by atoms with van der Waals surface area (Å²) in [5.41, 5.74) is 0. The smallest absolute Gasteiger partial charge is 0.320 e. The Morgan fingerprint density at radius 3 is 2.05 bits per heavy atom. The molecule has 4 heteroatoms. The highest BCUT2D eigenvalue weighted by Gasteiger charge is 2.33. The van der Waals surface area contributed by atoms with Gasteiger partial charge in [0.25, 0.3) is 0 Å². The molecule has 2 atom stereocenters. The molecule has 0 aliphatic carbocycles. The van der Waals surface area contributed by atoms with Crippen LogP contribution in [-0.4, -0.2) is 25.2 Å². The zero-order valence-electron chi connectivity index (χ0n) is 15.0. The van der Waals surface area contributed by atoms with Crippen LogP contribution in [0.3, 0.4) is 0 Å². The van der Waals surface area contributed by atoms with Crippen LogP contribution in [0.1, 0.15) is 73.1 Å². The van der Waals surface area contributed by atoms with Crippen LogP contribution in [0.15, 0.2) is 0 Å². The molecular weight excluding hydrogens is 280 g/mol. The van der Waals surface area contributed by atoms with Gasteiger partial charge in [-0.15, -0.1) is 0 Å². The van der Waals surface area contributed by atoms with E-state index in [1.54, 1.807) is 0 Å². The minimum absolute atomic E-state index is 0.114. The zero-order valence-corrected chi connectivity index (χ0v) is 15.0. The summed E-state index contributed by atoms with van der Waals surface area (Å²) < 4.78 is 10.6. The van der Waals surface area contributed by atoms with Crippen LogP contribution in [0, 0.1) is 17.8 Å². The van der Waals surface area contributed by atoms with Crippen molar-refractivity contribution in [1.82, 2.24) is 0 Å². The van der Waals surface area contributed by atoms with Crippen LogP contribution in [0.4, 0.5) is 0 Å². The van der Waals surface area contributed by atoms with Gasteiger partial charge in [-0.1, -0.05) is 60.3 Å². The fourth-order valence-corrected chi connectivity index (χ4v) is 2.32. The highest BCUT2D eigenvalue weighted by Crippen LogP contribution is 2.17. The van der Waals surface area contributed by atoms with E-state index < -0.39 is 17.9 Å². The lowest BCUT2D eigenvalue weighted by atomic mass is 9.96. The Hall–Kier alpha value is -1.06. The third-order valence-corrected chi connectivity index (χ3v) is 3.71. The Balaban J connectivity index is 4.26. The van der Waals surface area contributed by atoms with Crippen molar-refractivity contribution in [3.63, 3.8) is 0 Å². The first-order valence-corrected chi connectivity index (χ1v) is 8.77. The molecule has 0 radical (unpaired) electrons. The van der Waals surface area contributed by atoms with E-state index in [4.69, 9.17) is 9.47 Å². The average molecular weight is 314 g/mol. The number of esters is 2. The lowest BCUT2D eigenvalue weighted by molar-refractivity contribution is -0.165. The van der Waals surface area contributed by atoms with Crippen LogP contribution in [-0.2, 0) is 19.1 Å². The number of hydrogen-bond acceptors (Lipinski definition) is 4. The predicted molar refractivity (Wildman–Crippen MR) is 88.5 cm³/mol. The fourth-order valence-electron chi connectivity index (χ4n) is 2.32. The first-order valence-electron chi connectivity index (χ1n) is 8.77. The van der Waals surface area contributed by atoms with Gasteiger partial charge < -0.3 is 9.47 Å². The van der Waals surface area contributed by atoms with Gasteiger partial charge in [0.1, 0.15) is 0 Å². The minimum atomic E-state index is -0.806. The molecule has 0 saturated carbocycles. The molecule has 130 valence electrons. The molecule has 4 nitrogen and oxygen atoms in total. The molecule has 0 rings (SSSR count). The Kier molecular flexibility index (Phi) is 11.9. The molecule has 0 aromatic heterocycles. The molecule has 0 aliphatic rings. The molecule has 0 amide bonds. The number of rotatable bonds is 12. The summed E-state index contributed by atoms with van der Waals surface area (Å²) in [5, 5.41) is 0. The molecule has 0 fully saturated rings. The standard InChI is InChI=1S/C18H34O4/c1-6-8-9-10-12-21-17(19)16(14(3)4)18(20)22-13-15(5)11-7-2/h14-16H,6-13H2,1-5H3. The predicted octanol–water partition coefficient (Wildman–Crippen LogP) is 4.36. The van der Waals surface area contributed by atoms with E-state index in [-0.39, 0.29) is 5.92 Å². The lowest BCUT2D eigenvalue weighted by Gasteiger charge is -2.19. The average Bonchev–Trinajstić information content (AvgIpc) is 2.45. The van der Waals surface area contributed by atoms with Gasteiger partial charge in [0.2, 0.25) is 0 Å². The highest BCUT2D eigenvalue weighted by atomic mass is 16.6. The number of carbonyl (C=O) groups is 2. The maximum atomic E-state index is 12.1. The van der Waals surface area contributed by atoms with Crippen LogP contribution < -0.4 is 0 Å². The highest BCUT2D eigenvalue weighted by molar-refractivity contribution is 5.95. The fraction of sp³-hybridized carbons (Fsp3) is 0.889. The third kappa shape index (κ3) is 9.06. The molecule has 0 aromatic carbocycles. The second-order valence-corrected chi connectivity index (χ2v) is 6.47. The quantitative estimate of drug-likeness (QED) is 0.305. The zero-order chi connectivity index (χ0) is 17.0. The Morgan fingerprint density at radius 1 is 0.864 bits per heavy atom. The lowest BCUT2D eigenvalue weighted by Crippen LogP contribution is -2.33. The Labute approximate surface area is 135 Å². The maximum absolute atomic E-state index is 12.1. The largest absolute Gasteiger partial charge is 0.465 e. The summed E-state index contributed by atoms with van der Waals surface area (Å²) in [4.78, 5) is 24.3. The van der Waals surface area contributed by atoms with Gasteiger partial charge in [-0.3, -0.25) is 9.59 Å². The Bertz CT molecular complexity index is 312. The monoisotopic (exact) mass is 314 g/mol. The molecule has 0 N–H and O–H groups in total. The van der Waals surface area contributed by atoms with Crippen molar-refractivity contribution in [2.45, 2.75) is 73.1 Å². The van der Waals surface area contributed by atoms with E-state index in [1.165, 1.54) is 0 Å².